The molecule has 122 valence electrons. The monoisotopic (exact) mass is 311 g/mol. The van der Waals surface area contributed by atoms with Crippen molar-refractivity contribution in [2.24, 2.45) is 0 Å². The number of nitrogens with zero attached hydrogens (tertiary/aromatic N) is 2. The second-order valence-corrected chi connectivity index (χ2v) is 6.02. The van der Waals surface area contributed by atoms with E-state index in [2.05, 4.69) is 40.1 Å². The summed E-state index contributed by atoms with van der Waals surface area (Å²) in [4.78, 5) is 4.99. The largest absolute Gasteiger partial charge is 0.492 e. The Labute approximate surface area is 138 Å². The summed E-state index contributed by atoms with van der Waals surface area (Å²) >= 11 is 0. The molecule has 0 saturated carbocycles. The molecule has 0 bridgehead atoms. The number of rotatable bonds is 6. The maximum absolute atomic E-state index is 5.78. The van der Waals surface area contributed by atoms with Crippen LogP contribution in [0.4, 0.5) is 5.69 Å². The predicted molar refractivity (Wildman–Crippen MR) is 94.5 cm³/mol. The van der Waals surface area contributed by atoms with Crippen molar-refractivity contribution in [1.29, 1.82) is 0 Å². The second-order valence-electron chi connectivity index (χ2n) is 6.02. The summed E-state index contributed by atoms with van der Waals surface area (Å²) in [5.41, 5.74) is 7.84. The third-order valence-electron chi connectivity index (χ3n) is 4.27. The average Bonchev–Trinajstić information content (AvgIpc) is 2.59. The van der Waals surface area contributed by atoms with Crippen LogP contribution in [0, 0.1) is 0 Å². The Morgan fingerprint density at radius 2 is 1.48 bits per heavy atom. The zero-order valence-corrected chi connectivity index (χ0v) is 13.5. The normalized spacial score (nSPS) is 16.3. The van der Waals surface area contributed by atoms with Crippen LogP contribution in [0.3, 0.4) is 0 Å². The lowest BCUT2D eigenvalue weighted by molar-refractivity contribution is 0.112. The molecule has 0 amide bonds. The first-order chi connectivity index (χ1) is 11.3. The Kier molecular flexibility index (Phi) is 5.51. The number of anilines is 1. The van der Waals surface area contributed by atoms with Gasteiger partial charge in [-0.25, -0.2) is 0 Å². The van der Waals surface area contributed by atoms with Crippen molar-refractivity contribution < 1.29 is 4.74 Å². The quantitative estimate of drug-likeness (QED) is 0.832. The summed E-state index contributed by atoms with van der Waals surface area (Å²) in [6.07, 6.45) is 0. The molecule has 2 aromatic carbocycles. The molecule has 0 spiro atoms. The van der Waals surface area contributed by atoms with Crippen LogP contribution in [0.2, 0.25) is 0 Å². The highest BCUT2D eigenvalue weighted by Crippen LogP contribution is 2.13. The topological polar surface area (TPSA) is 41.7 Å². The molecule has 1 aliphatic rings. The van der Waals surface area contributed by atoms with Crippen molar-refractivity contribution in [2.75, 3.05) is 45.1 Å². The summed E-state index contributed by atoms with van der Waals surface area (Å²) in [5.74, 6) is 0.891. The van der Waals surface area contributed by atoms with Gasteiger partial charge in [0.05, 0.1) is 0 Å². The van der Waals surface area contributed by atoms with E-state index in [0.717, 1.165) is 57.3 Å². The number of ether oxygens (including phenoxy) is 1. The van der Waals surface area contributed by atoms with E-state index in [1.54, 1.807) is 0 Å². The first-order valence-corrected chi connectivity index (χ1v) is 8.26. The van der Waals surface area contributed by atoms with Crippen molar-refractivity contribution in [3.05, 3.63) is 60.2 Å². The van der Waals surface area contributed by atoms with Crippen LogP contribution in [-0.2, 0) is 6.54 Å². The van der Waals surface area contributed by atoms with E-state index in [9.17, 15) is 0 Å². The van der Waals surface area contributed by atoms with E-state index in [0.29, 0.717) is 0 Å². The van der Waals surface area contributed by atoms with Crippen molar-refractivity contribution >= 4 is 5.69 Å². The zero-order valence-electron chi connectivity index (χ0n) is 13.5. The number of hydrogen-bond acceptors (Lipinski definition) is 4. The van der Waals surface area contributed by atoms with Gasteiger partial charge < -0.3 is 10.5 Å². The van der Waals surface area contributed by atoms with Gasteiger partial charge in [0.2, 0.25) is 0 Å². The minimum atomic E-state index is 0.725. The molecule has 1 saturated heterocycles. The van der Waals surface area contributed by atoms with Crippen molar-refractivity contribution in [3.63, 3.8) is 0 Å². The molecule has 23 heavy (non-hydrogen) atoms. The molecule has 0 aromatic heterocycles. The lowest BCUT2D eigenvalue weighted by Crippen LogP contribution is -2.47. The Morgan fingerprint density at radius 1 is 0.826 bits per heavy atom. The van der Waals surface area contributed by atoms with E-state index >= 15 is 0 Å². The van der Waals surface area contributed by atoms with Gasteiger partial charge in [-0.1, -0.05) is 30.3 Å². The highest BCUT2D eigenvalue weighted by Gasteiger charge is 2.16. The van der Waals surface area contributed by atoms with Gasteiger partial charge in [-0.2, -0.15) is 0 Å². The summed E-state index contributed by atoms with van der Waals surface area (Å²) in [6, 6.07) is 18.3. The molecule has 0 aliphatic carbocycles. The van der Waals surface area contributed by atoms with Crippen LogP contribution in [0.15, 0.2) is 54.6 Å². The molecular formula is C19H25N3O. The third-order valence-corrected chi connectivity index (χ3v) is 4.27. The molecule has 3 rings (SSSR count). The highest BCUT2D eigenvalue weighted by atomic mass is 16.5. The van der Waals surface area contributed by atoms with Crippen molar-refractivity contribution in [3.8, 4) is 5.75 Å². The van der Waals surface area contributed by atoms with Crippen LogP contribution in [0.25, 0.3) is 0 Å². The van der Waals surface area contributed by atoms with Gasteiger partial charge in [0.25, 0.3) is 0 Å². The van der Waals surface area contributed by atoms with E-state index in [-0.39, 0.29) is 0 Å². The molecule has 2 aromatic rings. The average molecular weight is 311 g/mol. The summed E-state index contributed by atoms with van der Waals surface area (Å²) in [5, 5.41) is 0. The standard InChI is InChI=1S/C19H25N3O/c20-18-6-8-19(9-7-18)23-15-14-21-10-12-22(13-11-21)16-17-4-2-1-3-5-17/h1-9H,10-16,20H2. The van der Waals surface area contributed by atoms with Gasteiger partial charge in [0, 0.05) is 45.0 Å². The predicted octanol–water partition coefficient (Wildman–Crippen LogP) is 2.47. The zero-order chi connectivity index (χ0) is 15.9. The van der Waals surface area contributed by atoms with Gasteiger partial charge in [-0.05, 0) is 29.8 Å². The summed E-state index contributed by atoms with van der Waals surface area (Å²) in [7, 11) is 0. The molecule has 1 fully saturated rings. The fourth-order valence-electron chi connectivity index (χ4n) is 2.87. The molecule has 4 nitrogen and oxygen atoms in total. The SMILES string of the molecule is Nc1ccc(OCCN2CCN(Cc3ccccc3)CC2)cc1. The van der Waals surface area contributed by atoms with Gasteiger partial charge in [-0.3, -0.25) is 9.80 Å². The second kappa shape index (κ2) is 7.99. The minimum Gasteiger partial charge on any atom is -0.492 e. The van der Waals surface area contributed by atoms with Gasteiger partial charge in [0.1, 0.15) is 12.4 Å². The first kappa shape index (κ1) is 15.8. The van der Waals surface area contributed by atoms with E-state index < -0.39 is 0 Å². The van der Waals surface area contributed by atoms with Crippen LogP contribution < -0.4 is 10.5 Å². The molecule has 2 N–H and O–H groups in total. The fourth-order valence-corrected chi connectivity index (χ4v) is 2.87. The Hall–Kier alpha value is -2.04. The smallest absolute Gasteiger partial charge is 0.119 e. The lowest BCUT2D eigenvalue weighted by atomic mass is 10.2. The Bertz CT molecular complexity index is 577. The molecule has 0 radical (unpaired) electrons. The van der Waals surface area contributed by atoms with Crippen molar-refractivity contribution in [2.45, 2.75) is 6.54 Å². The number of piperazine rings is 1. The maximum atomic E-state index is 5.78. The van der Waals surface area contributed by atoms with E-state index in [1.165, 1.54) is 5.56 Å². The number of hydrogen-bond donors (Lipinski definition) is 1. The van der Waals surface area contributed by atoms with Crippen LogP contribution in [0.5, 0.6) is 5.75 Å². The van der Waals surface area contributed by atoms with Crippen LogP contribution in [0.1, 0.15) is 5.56 Å². The Morgan fingerprint density at radius 3 is 2.17 bits per heavy atom. The number of benzene rings is 2. The van der Waals surface area contributed by atoms with Gasteiger partial charge >= 0.3 is 0 Å². The molecule has 0 unspecified atom stereocenters. The molecular weight excluding hydrogens is 286 g/mol. The minimum absolute atomic E-state index is 0.725. The lowest BCUT2D eigenvalue weighted by Gasteiger charge is -2.34. The van der Waals surface area contributed by atoms with Crippen molar-refractivity contribution in [1.82, 2.24) is 9.80 Å². The summed E-state index contributed by atoms with van der Waals surface area (Å²) < 4.78 is 5.78. The number of nitrogen functional groups attached to an aromatic ring is 1. The molecule has 1 aliphatic heterocycles. The van der Waals surface area contributed by atoms with Crippen LogP contribution in [-0.4, -0.2) is 49.1 Å². The molecule has 0 atom stereocenters. The fraction of sp³-hybridized carbons (Fsp3) is 0.368. The number of nitrogens with two attached hydrogens (primary N) is 1. The van der Waals surface area contributed by atoms with Gasteiger partial charge in [0.15, 0.2) is 0 Å². The third kappa shape index (κ3) is 4.98. The Balaban J connectivity index is 1.35. The van der Waals surface area contributed by atoms with E-state index in [1.807, 2.05) is 24.3 Å². The summed E-state index contributed by atoms with van der Waals surface area (Å²) in [6.45, 7) is 7.21. The first-order valence-electron chi connectivity index (χ1n) is 8.26. The molecule has 4 heteroatoms. The van der Waals surface area contributed by atoms with E-state index in [4.69, 9.17) is 10.5 Å². The van der Waals surface area contributed by atoms with Gasteiger partial charge in [-0.15, -0.1) is 0 Å². The highest BCUT2D eigenvalue weighted by molar-refractivity contribution is 5.41. The maximum Gasteiger partial charge on any atom is 0.119 e. The molecule has 1 heterocycles. The van der Waals surface area contributed by atoms with Crippen LogP contribution >= 0.6 is 0 Å².